The zero-order valence-electron chi connectivity index (χ0n) is 14.5. The van der Waals surface area contributed by atoms with Gasteiger partial charge in [-0.05, 0) is 41.6 Å². The third-order valence-corrected chi connectivity index (χ3v) is 5.89. The molecule has 4 nitrogen and oxygen atoms in total. The summed E-state index contributed by atoms with van der Waals surface area (Å²) in [6, 6.07) is 21.0. The molecule has 0 saturated heterocycles. The van der Waals surface area contributed by atoms with Crippen LogP contribution in [0.5, 0.6) is 0 Å². The molecule has 3 aromatic rings. The standard InChI is InChI=1S/C22H16N2O2S/c25-21-19(18-11-6-14-27-18)20(22(26)24(21)16-8-2-1-3-9-16)23-13-12-15-7-4-5-10-17(15)23/h1-11,14H,12-13H2. The zero-order chi connectivity index (χ0) is 18.4. The van der Waals surface area contributed by atoms with Crippen molar-refractivity contribution in [1.82, 2.24) is 0 Å². The summed E-state index contributed by atoms with van der Waals surface area (Å²) in [5.74, 6) is -0.515. The Morgan fingerprint density at radius 1 is 0.815 bits per heavy atom. The van der Waals surface area contributed by atoms with Gasteiger partial charge in [-0.1, -0.05) is 42.5 Å². The molecule has 2 aliphatic rings. The number of amides is 2. The summed E-state index contributed by atoms with van der Waals surface area (Å²) in [5, 5.41) is 1.93. The lowest BCUT2D eigenvalue weighted by atomic mass is 10.1. The normalized spacial score (nSPS) is 16.4. The Morgan fingerprint density at radius 2 is 1.59 bits per heavy atom. The number of rotatable bonds is 3. The van der Waals surface area contributed by atoms with Gasteiger partial charge < -0.3 is 4.90 Å². The first-order valence-corrected chi connectivity index (χ1v) is 9.71. The van der Waals surface area contributed by atoms with Crippen LogP contribution in [-0.2, 0) is 16.0 Å². The lowest BCUT2D eigenvalue weighted by Crippen LogP contribution is -2.34. The summed E-state index contributed by atoms with van der Waals surface area (Å²) in [5.41, 5.74) is 3.79. The Labute approximate surface area is 161 Å². The van der Waals surface area contributed by atoms with E-state index in [1.165, 1.54) is 21.8 Å². The highest BCUT2D eigenvalue weighted by Gasteiger charge is 2.44. The van der Waals surface area contributed by atoms with E-state index < -0.39 is 0 Å². The van der Waals surface area contributed by atoms with E-state index in [-0.39, 0.29) is 11.8 Å². The number of hydrogen-bond acceptors (Lipinski definition) is 4. The van der Waals surface area contributed by atoms with E-state index in [4.69, 9.17) is 0 Å². The second-order valence-corrected chi connectivity index (χ2v) is 7.46. The minimum Gasteiger partial charge on any atom is -0.336 e. The van der Waals surface area contributed by atoms with E-state index in [0.717, 1.165) is 17.0 Å². The highest BCUT2D eigenvalue weighted by Crippen LogP contribution is 2.40. The largest absolute Gasteiger partial charge is 0.336 e. The molecule has 0 saturated carbocycles. The Bertz CT molecular complexity index is 1070. The Balaban J connectivity index is 1.68. The molecule has 2 amide bonds. The molecular formula is C22H16N2O2S. The average Bonchev–Trinajstić information content (AvgIpc) is 3.41. The zero-order valence-corrected chi connectivity index (χ0v) is 15.3. The molecule has 2 aliphatic heterocycles. The van der Waals surface area contributed by atoms with E-state index in [0.29, 0.717) is 23.5 Å². The third kappa shape index (κ3) is 2.43. The van der Waals surface area contributed by atoms with E-state index in [1.54, 1.807) is 12.1 Å². The van der Waals surface area contributed by atoms with Crippen LogP contribution in [0.3, 0.4) is 0 Å². The number of imide groups is 1. The van der Waals surface area contributed by atoms with Crippen LogP contribution in [0.2, 0.25) is 0 Å². The molecule has 5 rings (SSSR count). The average molecular weight is 372 g/mol. The molecule has 0 unspecified atom stereocenters. The lowest BCUT2D eigenvalue weighted by Gasteiger charge is -2.21. The SMILES string of the molecule is O=C1C(c2cccs2)=C(N2CCc3ccccc32)C(=O)N1c1ccccc1. The monoisotopic (exact) mass is 372 g/mol. The number of anilines is 2. The second-order valence-electron chi connectivity index (χ2n) is 6.51. The summed E-state index contributed by atoms with van der Waals surface area (Å²) in [6.45, 7) is 0.700. The number of para-hydroxylation sites is 2. The van der Waals surface area contributed by atoms with Crippen LogP contribution < -0.4 is 9.80 Å². The molecule has 0 N–H and O–H groups in total. The maximum absolute atomic E-state index is 13.4. The lowest BCUT2D eigenvalue weighted by molar-refractivity contribution is -0.120. The highest BCUT2D eigenvalue weighted by molar-refractivity contribution is 7.11. The Hall–Kier alpha value is -3.18. The molecule has 132 valence electrons. The van der Waals surface area contributed by atoms with Crippen LogP contribution in [0, 0.1) is 0 Å². The summed E-state index contributed by atoms with van der Waals surface area (Å²) in [6.07, 6.45) is 0.865. The predicted octanol–water partition coefficient (Wildman–Crippen LogP) is 4.10. The van der Waals surface area contributed by atoms with Crippen LogP contribution in [-0.4, -0.2) is 18.4 Å². The van der Waals surface area contributed by atoms with Gasteiger partial charge in [0.05, 0.1) is 11.3 Å². The van der Waals surface area contributed by atoms with Crippen molar-refractivity contribution in [2.45, 2.75) is 6.42 Å². The fraction of sp³-hybridized carbons (Fsp3) is 0.0909. The minimum absolute atomic E-state index is 0.256. The van der Waals surface area contributed by atoms with Crippen LogP contribution >= 0.6 is 11.3 Å². The number of carbonyl (C=O) groups excluding carboxylic acids is 2. The summed E-state index contributed by atoms with van der Waals surface area (Å²) >= 11 is 1.48. The van der Waals surface area contributed by atoms with Gasteiger partial charge in [0, 0.05) is 17.1 Å². The van der Waals surface area contributed by atoms with Crippen molar-refractivity contribution in [1.29, 1.82) is 0 Å². The Kier molecular flexibility index (Phi) is 3.69. The first-order chi connectivity index (χ1) is 13.3. The quantitative estimate of drug-likeness (QED) is 0.650. The van der Waals surface area contributed by atoms with Crippen molar-refractivity contribution in [3.05, 3.63) is 88.2 Å². The van der Waals surface area contributed by atoms with Crippen molar-refractivity contribution >= 4 is 40.1 Å². The molecule has 27 heavy (non-hydrogen) atoms. The molecule has 3 heterocycles. The molecule has 0 radical (unpaired) electrons. The fourth-order valence-corrected chi connectivity index (χ4v) is 4.56. The molecule has 0 atom stereocenters. The van der Waals surface area contributed by atoms with Crippen molar-refractivity contribution < 1.29 is 9.59 Å². The first kappa shape index (κ1) is 16.0. The van der Waals surface area contributed by atoms with Crippen LogP contribution in [0.25, 0.3) is 5.57 Å². The number of nitrogens with zero attached hydrogens (tertiary/aromatic N) is 2. The molecule has 0 aliphatic carbocycles. The van der Waals surface area contributed by atoms with Gasteiger partial charge in [-0.3, -0.25) is 9.59 Å². The number of hydrogen-bond donors (Lipinski definition) is 0. The molecular weight excluding hydrogens is 356 g/mol. The van der Waals surface area contributed by atoms with Gasteiger partial charge in [-0.2, -0.15) is 0 Å². The van der Waals surface area contributed by atoms with Crippen molar-refractivity contribution in [3.63, 3.8) is 0 Å². The predicted molar refractivity (Wildman–Crippen MR) is 108 cm³/mol. The van der Waals surface area contributed by atoms with Crippen LogP contribution in [0.4, 0.5) is 11.4 Å². The van der Waals surface area contributed by atoms with E-state index in [9.17, 15) is 9.59 Å². The first-order valence-electron chi connectivity index (χ1n) is 8.83. The molecule has 0 bridgehead atoms. The van der Waals surface area contributed by atoms with E-state index in [2.05, 4.69) is 6.07 Å². The number of thiophene rings is 1. The summed E-state index contributed by atoms with van der Waals surface area (Å²) in [4.78, 5) is 30.9. The maximum atomic E-state index is 13.4. The van der Waals surface area contributed by atoms with Gasteiger partial charge in [0.2, 0.25) is 0 Å². The Morgan fingerprint density at radius 3 is 2.37 bits per heavy atom. The number of fused-ring (bicyclic) bond motifs is 1. The van der Waals surface area contributed by atoms with Crippen LogP contribution in [0.1, 0.15) is 10.4 Å². The minimum atomic E-state index is -0.258. The number of benzene rings is 2. The molecule has 0 fully saturated rings. The third-order valence-electron chi connectivity index (χ3n) is 5.00. The van der Waals surface area contributed by atoms with Gasteiger partial charge in [0.15, 0.2) is 0 Å². The number of carbonyl (C=O) groups is 2. The smallest absolute Gasteiger partial charge is 0.282 e. The van der Waals surface area contributed by atoms with Gasteiger partial charge in [0.25, 0.3) is 11.8 Å². The second kappa shape index (κ2) is 6.21. The van der Waals surface area contributed by atoms with Gasteiger partial charge in [-0.15, -0.1) is 11.3 Å². The maximum Gasteiger partial charge on any atom is 0.282 e. The molecule has 1 aromatic heterocycles. The summed E-state index contributed by atoms with van der Waals surface area (Å²) < 4.78 is 0. The molecule has 0 spiro atoms. The summed E-state index contributed by atoms with van der Waals surface area (Å²) in [7, 11) is 0. The highest BCUT2D eigenvalue weighted by atomic mass is 32.1. The van der Waals surface area contributed by atoms with Gasteiger partial charge in [0.1, 0.15) is 5.70 Å². The van der Waals surface area contributed by atoms with Gasteiger partial charge >= 0.3 is 0 Å². The van der Waals surface area contributed by atoms with Crippen molar-refractivity contribution in [2.75, 3.05) is 16.3 Å². The van der Waals surface area contributed by atoms with E-state index in [1.807, 2.05) is 58.8 Å². The fourth-order valence-electron chi connectivity index (χ4n) is 3.79. The topological polar surface area (TPSA) is 40.6 Å². The van der Waals surface area contributed by atoms with Crippen LogP contribution in [0.15, 0.2) is 77.8 Å². The van der Waals surface area contributed by atoms with Crippen molar-refractivity contribution in [3.8, 4) is 0 Å². The van der Waals surface area contributed by atoms with Gasteiger partial charge in [-0.25, -0.2) is 4.90 Å². The van der Waals surface area contributed by atoms with E-state index >= 15 is 0 Å². The molecule has 5 heteroatoms. The molecule has 2 aromatic carbocycles. The van der Waals surface area contributed by atoms with Crippen molar-refractivity contribution in [2.24, 2.45) is 0 Å².